The van der Waals surface area contributed by atoms with Crippen molar-refractivity contribution in [3.63, 3.8) is 0 Å². The first-order valence-electron chi connectivity index (χ1n) is 27.5. The van der Waals surface area contributed by atoms with Crippen molar-refractivity contribution < 1.29 is 109 Å². The minimum atomic E-state index is -1.92. The maximum absolute atomic E-state index is 13.4. The third-order valence-electron chi connectivity index (χ3n) is 20.9. The number of carbonyl (C=O) groups excluding carboxylic acids is 2. The van der Waals surface area contributed by atoms with Gasteiger partial charge in [-0.15, -0.1) is 0 Å². The molecule has 77 heavy (non-hydrogen) atoms. The smallest absolute Gasteiger partial charge is 0.333 e. The lowest BCUT2D eigenvalue weighted by molar-refractivity contribution is -0.395. The molecule has 22 heteroatoms. The number of hydrogen-bond acceptors (Lipinski definition) is 22. The molecule has 22 nitrogen and oxygen atoms in total. The van der Waals surface area contributed by atoms with Gasteiger partial charge < -0.3 is 99.2 Å². The lowest BCUT2D eigenvalue weighted by atomic mass is 9.33. The molecule has 3 saturated heterocycles. The molecule has 26 atom stereocenters. The minimum Gasteiger partial charge on any atom is -0.458 e. The van der Waals surface area contributed by atoms with E-state index >= 15 is 0 Å². The molecule has 0 aromatic carbocycles. The summed E-state index contributed by atoms with van der Waals surface area (Å²) in [4.78, 5) is 26.4. The van der Waals surface area contributed by atoms with Crippen LogP contribution in [0.3, 0.4) is 0 Å². The van der Waals surface area contributed by atoms with Crippen molar-refractivity contribution in [2.45, 2.75) is 231 Å². The number of rotatable bonds is 13. The van der Waals surface area contributed by atoms with Gasteiger partial charge in [0.1, 0.15) is 85.5 Å². The van der Waals surface area contributed by atoms with E-state index in [4.69, 9.17) is 37.9 Å². The highest BCUT2D eigenvalue weighted by molar-refractivity contribution is 5.87. The molecule has 3 aliphatic heterocycles. The Morgan fingerprint density at radius 1 is 0.636 bits per heavy atom. The zero-order valence-electron chi connectivity index (χ0n) is 46.1. The molecular formula is C55H88O22. The summed E-state index contributed by atoms with van der Waals surface area (Å²) in [6.07, 6.45) is -21.6. The van der Waals surface area contributed by atoms with Crippen molar-refractivity contribution >= 4 is 11.9 Å². The second-order valence-corrected chi connectivity index (χ2v) is 25.7. The summed E-state index contributed by atoms with van der Waals surface area (Å²) in [5, 5.41) is 132. The van der Waals surface area contributed by atoms with Crippen LogP contribution in [0.4, 0.5) is 0 Å². The Morgan fingerprint density at radius 3 is 1.73 bits per heavy atom. The van der Waals surface area contributed by atoms with Crippen LogP contribution in [0.25, 0.3) is 0 Å². The van der Waals surface area contributed by atoms with Gasteiger partial charge in [0.25, 0.3) is 0 Å². The van der Waals surface area contributed by atoms with E-state index in [1.807, 2.05) is 13.8 Å². The van der Waals surface area contributed by atoms with Crippen LogP contribution in [0.5, 0.6) is 0 Å². The quantitative estimate of drug-likeness (QED) is 0.0484. The van der Waals surface area contributed by atoms with Gasteiger partial charge in [-0.2, -0.15) is 0 Å². The standard InChI is InChI=1S/C55H88O22/c1-11-24(2)46(69)77-44-45(70-25(3)60)55(23-59)27(18-50(44,4)5)26-12-13-32-52(8)16-15-34(51(6,7)31(52)14-17-53(32,9)54(26,10)19-33(55)61)74-49-43(76-48-40(67)38(65)36(63)29(21-57)72-48)41(68)42(30(22-58)73-49)75-47-39(66)37(64)35(62)28(20-56)71-47/h11-12,27-45,47-49,56-59,61-68H,13-23H2,1-10H3/b24-11+/t27-,28+,29+,30+,31-,32+,33+,34-,35+,36-,37-,38-,39+,40+,41-,42+,43+,44-,45-,47-,48-,49-,52-,53+,54+,55-/m0/s1. The van der Waals surface area contributed by atoms with Crippen LogP contribution in [0, 0.1) is 50.2 Å². The number of aliphatic hydroxyl groups excluding tert-OH is 12. The second-order valence-electron chi connectivity index (χ2n) is 25.7. The summed E-state index contributed by atoms with van der Waals surface area (Å²) in [6, 6.07) is 0. The van der Waals surface area contributed by atoms with E-state index in [-0.39, 0.29) is 23.7 Å². The highest BCUT2D eigenvalue weighted by Crippen LogP contribution is 2.76. The first kappa shape index (κ1) is 60.8. The molecule has 0 spiro atoms. The molecular weight excluding hydrogens is 1010 g/mol. The molecule has 0 radical (unpaired) electrons. The second kappa shape index (κ2) is 22.1. The molecule has 5 aliphatic carbocycles. The number of aliphatic hydroxyl groups is 12. The zero-order chi connectivity index (χ0) is 56.9. The predicted octanol–water partition coefficient (Wildman–Crippen LogP) is -0.386. The van der Waals surface area contributed by atoms with Crippen LogP contribution in [0.15, 0.2) is 23.3 Å². The molecule has 8 rings (SSSR count). The predicted molar refractivity (Wildman–Crippen MR) is 267 cm³/mol. The number of fused-ring (bicyclic) bond motifs is 7. The van der Waals surface area contributed by atoms with Crippen molar-refractivity contribution in [3.05, 3.63) is 23.3 Å². The van der Waals surface area contributed by atoms with Gasteiger partial charge in [0.15, 0.2) is 18.9 Å². The van der Waals surface area contributed by atoms with E-state index in [0.29, 0.717) is 31.3 Å². The van der Waals surface area contributed by atoms with E-state index in [0.717, 1.165) is 18.4 Å². The number of carbonyl (C=O) groups is 2. The van der Waals surface area contributed by atoms with Crippen LogP contribution in [0.1, 0.15) is 114 Å². The molecule has 0 aromatic heterocycles. The molecule has 0 aromatic rings. The van der Waals surface area contributed by atoms with E-state index in [2.05, 4.69) is 40.7 Å². The van der Waals surface area contributed by atoms with Crippen LogP contribution in [-0.2, 0) is 47.5 Å². The van der Waals surface area contributed by atoms with E-state index in [1.54, 1.807) is 19.9 Å². The molecule has 0 bridgehead atoms. The monoisotopic (exact) mass is 1100 g/mol. The maximum atomic E-state index is 13.4. The largest absolute Gasteiger partial charge is 0.458 e. The summed E-state index contributed by atoms with van der Waals surface area (Å²) >= 11 is 0. The van der Waals surface area contributed by atoms with Gasteiger partial charge in [0, 0.05) is 17.9 Å². The molecule has 7 fully saturated rings. The SMILES string of the molecule is C/C=C(\C)C(=O)O[C@H]1[C@H](OC(C)=O)[C@]2(CO)[C@H](O)C[C@]3(C)C(=CC[C@@H]4[C@@]5(C)CC[C@H](O[C@@H]6O[C@H](CO)[C@@H](O[C@@H]7O[C@H](CO)[C@@H](O)[C@H](O)[C@H]7O)[C@H](O)[C@H]6O[C@@H]6O[C@H](CO)[C@H](O)[C@H](O)[C@H]6O)C(C)(C)[C@@H]5CC[C@]43C)[C@@H]2CC1(C)C. The Hall–Kier alpha value is -2.30. The molecule has 0 amide bonds. The molecule has 12 N–H and O–H groups in total. The van der Waals surface area contributed by atoms with Gasteiger partial charge in [0.2, 0.25) is 0 Å². The lowest BCUT2D eigenvalue weighted by Gasteiger charge is -2.72. The van der Waals surface area contributed by atoms with Crippen LogP contribution in [-0.4, -0.2) is 216 Å². The normalized spacial score (nSPS) is 50.5. The van der Waals surface area contributed by atoms with E-state index in [9.17, 15) is 70.9 Å². The molecule has 8 aliphatic rings. The fourth-order valence-corrected chi connectivity index (χ4v) is 16.3. The van der Waals surface area contributed by atoms with Crippen molar-refractivity contribution in [1.82, 2.24) is 0 Å². The molecule has 440 valence electrons. The fourth-order valence-electron chi connectivity index (χ4n) is 16.3. The summed E-state index contributed by atoms with van der Waals surface area (Å²) < 4.78 is 49.1. The average molecular weight is 1100 g/mol. The Balaban J connectivity index is 1.09. The third-order valence-corrected chi connectivity index (χ3v) is 20.9. The number of allylic oxidation sites excluding steroid dienone is 3. The van der Waals surface area contributed by atoms with Gasteiger partial charge in [-0.25, -0.2) is 4.79 Å². The Morgan fingerprint density at radius 2 is 1.19 bits per heavy atom. The molecule has 3 heterocycles. The van der Waals surface area contributed by atoms with Gasteiger partial charge in [-0.3, -0.25) is 4.79 Å². The Bertz CT molecular complexity index is 2190. The maximum Gasteiger partial charge on any atom is 0.333 e. The van der Waals surface area contributed by atoms with Gasteiger partial charge in [-0.05, 0) is 98.2 Å². The van der Waals surface area contributed by atoms with Crippen molar-refractivity contribution in [3.8, 4) is 0 Å². The minimum absolute atomic E-state index is 0.00249. The first-order chi connectivity index (χ1) is 36.0. The summed E-state index contributed by atoms with van der Waals surface area (Å²) in [7, 11) is 0. The summed E-state index contributed by atoms with van der Waals surface area (Å²) in [6.45, 7) is 16.8. The average Bonchev–Trinajstić information content (AvgIpc) is 3.48. The Kier molecular flexibility index (Phi) is 17.5. The van der Waals surface area contributed by atoms with Gasteiger partial charge in [-0.1, -0.05) is 66.2 Å². The number of hydrogen-bond donors (Lipinski definition) is 12. The highest BCUT2D eigenvalue weighted by atomic mass is 16.8. The van der Waals surface area contributed by atoms with Crippen molar-refractivity contribution in [2.24, 2.45) is 50.2 Å². The van der Waals surface area contributed by atoms with Crippen LogP contribution < -0.4 is 0 Å². The highest BCUT2D eigenvalue weighted by Gasteiger charge is 2.74. The van der Waals surface area contributed by atoms with Gasteiger partial charge in [0.05, 0.1) is 44.1 Å². The lowest BCUT2D eigenvalue weighted by Crippen LogP contribution is -2.72. The fraction of sp³-hybridized carbons (Fsp3) is 0.891. The van der Waals surface area contributed by atoms with E-state index in [1.165, 1.54) is 6.92 Å². The topological polar surface area (TPSA) is 351 Å². The first-order valence-corrected chi connectivity index (χ1v) is 27.5. The number of esters is 2. The summed E-state index contributed by atoms with van der Waals surface area (Å²) in [5.41, 5.74) is -2.64. The van der Waals surface area contributed by atoms with Crippen molar-refractivity contribution in [1.29, 1.82) is 0 Å². The Labute approximate surface area is 450 Å². The number of ether oxygens (including phenoxy) is 8. The van der Waals surface area contributed by atoms with Crippen LogP contribution in [0.2, 0.25) is 0 Å². The zero-order valence-corrected chi connectivity index (χ0v) is 46.1. The molecule has 0 unspecified atom stereocenters. The molecule has 4 saturated carbocycles. The van der Waals surface area contributed by atoms with Gasteiger partial charge >= 0.3 is 11.9 Å². The van der Waals surface area contributed by atoms with Crippen LogP contribution >= 0.6 is 0 Å². The summed E-state index contributed by atoms with van der Waals surface area (Å²) in [5.74, 6) is -1.57. The van der Waals surface area contributed by atoms with Crippen molar-refractivity contribution in [2.75, 3.05) is 26.4 Å². The van der Waals surface area contributed by atoms with E-state index < -0.39 is 188 Å². The third kappa shape index (κ3) is 9.79.